The number of nitrogens with one attached hydrogen (secondary N) is 1. The molecular weight excluding hydrogens is 278 g/mol. The third-order valence-corrected chi connectivity index (χ3v) is 3.83. The molecule has 3 unspecified atom stereocenters. The number of phenolic OH excluding ortho intramolecular Hbond substituents is 1. The molecule has 5 heteroatoms. The van der Waals surface area contributed by atoms with Crippen LogP contribution >= 0.6 is 0 Å². The van der Waals surface area contributed by atoms with E-state index >= 15 is 0 Å². The van der Waals surface area contributed by atoms with Gasteiger partial charge in [-0.2, -0.15) is 5.26 Å². The fourth-order valence-corrected chi connectivity index (χ4v) is 2.60. The van der Waals surface area contributed by atoms with E-state index in [4.69, 9.17) is 5.26 Å². The lowest BCUT2D eigenvalue weighted by Gasteiger charge is -2.18. The Morgan fingerprint density at radius 3 is 2.64 bits per heavy atom. The molecule has 0 spiro atoms. The summed E-state index contributed by atoms with van der Waals surface area (Å²) in [5.41, 5.74) is 0.698. The Morgan fingerprint density at radius 1 is 1.45 bits per heavy atom. The van der Waals surface area contributed by atoms with Crippen LogP contribution in [0.15, 0.2) is 24.3 Å². The van der Waals surface area contributed by atoms with Crippen molar-refractivity contribution in [2.45, 2.75) is 39.3 Å². The van der Waals surface area contributed by atoms with Gasteiger partial charge in [0.1, 0.15) is 5.75 Å². The number of rotatable bonds is 3. The zero-order valence-electron chi connectivity index (χ0n) is 13.7. The van der Waals surface area contributed by atoms with Crippen molar-refractivity contribution in [3.05, 3.63) is 29.8 Å². The van der Waals surface area contributed by atoms with Gasteiger partial charge in [-0.1, -0.05) is 32.0 Å². The zero-order valence-corrected chi connectivity index (χ0v) is 13.7. The zero-order chi connectivity index (χ0) is 16.7. The van der Waals surface area contributed by atoms with Crippen LogP contribution in [-0.4, -0.2) is 35.5 Å². The smallest absolute Gasteiger partial charge is 0.224 e. The summed E-state index contributed by atoms with van der Waals surface area (Å²) in [6, 6.07) is 8.72. The second-order valence-electron chi connectivity index (χ2n) is 5.31. The van der Waals surface area contributed by atoms with Gasteiger partial charge in [0.25, 0.3) is 0 Å². The fraction of sp³-hybridized carbons (Fsp3) is 0.529. The Kier molecular flexibility index (Phi) is 6.87. The Bertz CT molecular complexity index is 539. The lowest BCUT2D eigenvalue weighted by Crippen LogP contribution is -2.34. The summed E-state index contributed by atoms with van der Waals surface area (Å²) in [4.78, 5) is 14.1. The molecule has 120 valence electrons. The first kappa shape index (κ1) is 18.0. The highest BCUT2D eigenvalue weighted by atomic mass is 16.3. The van der Waals surface area contributed by atoms with Gasteiger partial charge in [-0.15, -0.1) is 0 Å². The molecule has 1 amide bonds. The molecule has 2 N–H and O–H groups in total. The first-order chi connectivity index (χ1) is 10.5. The molecule has 5 nitrogen and oxygen atoms in total. The van der Waals surface area contributed by atoms with E-state index in [1.807, 2.05) is 38.8 Å². The van der Waals surface area contributed by atoms with E-state index in [2.05, 4.69) is 11.4 Å². The predicted octanol–water partition coefficient (Wildman–Crippen LogP) is 2.44. The van der Waals surface area contributed by atoms with E-state index in [-0.39, 0.29) is 29.7 Å². The average Bonchev–Trinajstić information content (AvgIpc) is 2.91. The maximum absolute atomic E-state index is 12.2. The van der Waals surface area contributed by atoms with Crippen LogP contribution in [-0.2, 0) is 4.79 Å². The van der Waals surface area contributed by atoms with Crippen LogP contribution < -0.4 is 5.32 Å². The van der Waals surface area contributed by atoms with Gasteiger partial charge >= 0.3 is 0 Å². The first-order valence-corrected chi connectivity index (χ1v) is 7.71. The van der Waals surface area contributed by atoms with E-state index in [0.717, 1.165) is 0 Å². The number of benzene rings is 1. The number of nitriles is 1. The van der Waals surface area contributed by atoms with Crippen molar-refractivity contribution in [2.24, 2.45) is 5.92 Å². The molecule has 0 aromatic heterocycles. The summed E-state index contributed by atoms with van der Waals surface area (Å²) in [6.45, 7) is 6.44. The maximum atomic E-state index is 12.2. The van der Waals surface area contributed by atoms with Crippen LogP contribution in [0.3, 0.4) is 0 Å². The second kappa shape index (κ2) is 8.40. The van der Waals surface area contributed by atoms with Crippen molar-refractivity contribution in [1.82, 2.24) is 10.2 Å². The summed E-state index contributed by atoms with van der Waals surface area (Å²) >= 11 is 0. The molecule has 1 aliphatic rings. The number of hydrogen-bond donors (Lipinski definition) is 2. The van der Waals surface area contributed by atoms with Crippen LogP contribution in [0.5, 0.6) is 5.75 Å². The van der Waals surface area contributed by atoms with Crippen LogP contribution in [0.4, 0.5) is 0 Å². The average molecular weight is 303 g/mol. The second-order valence-corrected chi connectivity index (χ2v) is 5.31. The summed E-state index contributed by atoms with van der Waals surface area (Å²) < 4.78 is 0. The fourth-order valence-electron chi connectivity index (χ4n) is 2.60. The minimum atomic E-state index is -0.254. The van der Waals surface area contributed by atoms with E-state index in [9.17, 15) is 9.90 Å². The number of amides is 1. The number of para-hydroxylation sites is 1. The lowest BCUT2D eigenvalue weighted by atomic mass is 10.0. The van der Waals surface area contributed by atoms with Crippen LogP contribution in [0, 0.1) is 17.2 Å². The summed E-state index contributed by atoms with van der Waals surface area (Å²) in [5.74, 6) is -0.0537. The van der Waals surface area contributed by atoms with Crippen molar-refractivity contribution >= 4 is 5.91 Å². The molecule has 0 radical (unpaired) electrons. The van der Waals surface area contributed by atoms with Gasteiger partial charge in [0.05, 0.1) is 24.1 Å². The number of likely N-dealkylation sites (tertiary alicyclic amines) is 1. The van der Waals surface area contributed by atoms with Crippen LogP contribution in [0.1, 0.15) is 38.8 Å². The standard InChI is InChI=1S/C15H19N3O2.C2H6/c1-10(13-5-3-4-6-14(13)19)17-15(20)11-7-12(8-16)18(2)9-11;1-2/h3-6,10-12,19H,7,9H2,1-2H3,(H,17,20);1-2H3. The Balaban J connectivity index is 0.00000116. The van der Waals surface area contributed by atoms with Crippen molar-refractivity contribution in [3.63, 3.8) is 0 Å². The van der Waals surface area contributed by atoms with Crippen LogP contribution in [0.2, 0.25) is 0 Å². The van der Waals surface area contributed by atoms with Gasteiger partial charge < -0.3 is 10.4 Å². The van der Waals surface area contributed by atoms with Gasteiger partial charge in [-0.3, -0.25) is 9.69 Å². The summed E-state index contributed by atoms with van der Waals surface area (Å²) in [7, 11) is 1.85. The van der Waals surface area contributed by atoms with Crippen molar-refractivity contribution in [3.8, 4) is 11.8 Å². The molecule has 1 saturated heterocycles. The Labute approximate surface area is 132 Å². The van der Waals surface area contributed by atoms with Crippen molar-refractivity contribution in [2.75, 3.05) is 13.6 Å². The largest absolute Gasteiger partial charge is 0.508 e. The minimum Gasteiger partial charge on any atom is -0.508 e. The van der Waals surface area contributed by atoms with Crippen molar-refractivity contribution in [1.29, 1.82) is 5.26 Å². The van der Waals surface area contributed by atoms with Crippen molar-refractivity contribution < 1.29 is 9.90 Å². The highest BCUT2D eigenvalue weighted by Gasteiger charge is 2.34. The van der Waals surface area contributed by atoms with E-state index in [1.54, 1.807) is 18.2 Å². The highest BCUT2D eigenvalue weighted by molar-refractivity contribution is 5.80. The maximum Gasteiger partial charge on any atom is 0.224 e. The van der Waals surface area contributed by atoms with E-state index in [1.165, 1.54) is 0 Å². The molecule has 0 saturated carbocycles. The highest BCUT2D eigenvalue weighted by Crippen LogP contribution is 2.25. The molecule has 1 aromatic rings. The quantitative estimate of drug-likeness (QED) is 0.899. The molecular formula is C17H25N3O2. The molecule has 1 fully saturated rings. The van der Waals surface area contributed by atoms with E-state index in [0.29, 0.717) is 18.5 Å². The third kappa shape index (κ3) is 4.22. The molecule has 3 atom stereocenters. The molecule has 22 heavy (non-hydrogen) atoms. The number of carbonyl (C=O) groups is 1. The number of phenols is 1. The molecule has 2 rings (SSSR count). The predicted molar refractivity (Wildman–Crippen MR) is 86.2 cm³/mol. The molecule has 1 aliphatic heterocycles. The summed E-state index contributed by atoms with van der Waals surface area (Å²) in [5, 5.41) is 21.7. The number of aromatic hydroxyl groups is 1. The number of nitrogens with zero attached hydrogens (tertiary/aromatic N) is 2. The van der Waals surface area contributed by atoms with Gasteiger partial charge in [0.2, 0.25) is 5.91 Å². The minimum absolute atomic E-state index is 0.0645. The van der Waals surface area contributed by atoms with Gasteiger partial charge in [0.15, 0.2) is 0 Å². The van der Waals surface area contributed by atoms with Gasteiger partial charge in [-0.25, -0.2) is 0 Å². The van der Waals surface area contributed by atoms with Crippen LogP contribution in [0.25, 0.3) is 0 Å². The van der Waals surface area contributed by atoms with E-state index < -0.39 is 0 Å². The molecule has 0 aliphatic carbocycles. The topological polar surface area (TPSA) is 76.4 Å². The molecule has 0 bridgehead atoms. The molecule has 1 heterocycles. The number of hydrogen-bond acceptors (Lipinski definition) is 4. The molecule has 1 aromatic carbocycles. The number of carbonyl (C=O) groups excluding carboxylic acids is 1. The summed E-state index contributed by atoms with van der Waals surface area (Å²) in [6.07, 6.45) is 0.562. The van der Waals surface area contributed by atoms with Gasteiger partial charge in [0, 0.05) is 12.1 Å². The van der Waals surface area contributed by atoms with Gasteiger partial charge in [-0.05, 0) is 26.5 Å². The Morgan fingerprint density at radius 2 is 2.09 bits per heavy atom. The lowest BCUT2D eigenvalue weighted by molar-refractivity contribution is -0.125. The first-order valence-electron chi connectivity index (χ1n) is 7.71. The Hall–Kier alpha value is -2.06. The third-order valence-electron chi connectivity index (χ3n) is 3.83. The SMILES string of the molecule is CC.CC(NC(=O)C1CC(C#N)N(C)C1)c1ccccc1O. The monoisotopic (exact) mass is 303 g/mol. The normalized spacial score (nSPS) is 22.1.